The Labute approximate surface area is 142 Å². The van der Waals surface area contributed by atoms with Gasteiger partial charge in [0, 0.05) is 19.8 Å². The lowest BCUT2D eigenvalue weighted by Gasteiger charge is -2.29. The number of carboxylic acids is 1. The lowest BCUT2D eigenvalue weighted by atomic mass is 9.82. The molecule has 3 rings (SSSR count). The summed E-state index contributed by atoms with van der Waals surface area (Å²) >= 11 is 0. The summed E-state index contributed by atoms with van der Waals surface area (Å²) in [6, 6.07) is 8.07. The van der Waals surface area contributed by atoms with Crippen LogP contribution in [0.3, 0.4) is 0 Å². The number of carbonyl (C=O) groups excluding carboxylic acids is 1. The summed E-state index contributed by atoms with van der Waals surface area (Å²) < 4.78 is 5.31. The van der Waals surface area contributed by atoms with Crippen molar-refractivity contribution in [1.82, 2.24) is 5.32 Å². The molecule has 0 bridgehead atoms. The average molecular weight is 331 g/mol. The van der Waals surface area contributed by atoms with E-state index in [9.17, 15) is 14.7 Å². The molecule has 2 unspecified atom stereocenters. The Balaban J connectivity index is 1.63. The molecule has 130 valence electrons. The third-order valence-electron chi connectivity index (χ3n) is 5.33. The van der Waals surface area contributed by atoms with Gasteiger partial charge in [-0.2, -0.15) is 0 Å². The molecule has 1 amide bonds. The van der Waals surface area contributed by atoms with Crippen LogP contribution in [0.5, 0.6) is 0 Å². The number of carboxylic acid groups (broad SMARTS) is 1. The summed E-state index contributed by atoms with van der Waals surface area (Å²) in [6.07, 6.45) is 4.34. The van der Waals surface area contributed by atoms with Gasteiger partial charge in [0.2, 0.25) is 5.91 Å². The standard InChI is InChI=1S/C19H25NO4/c21-18(16-7-3-5-13-4-1-2-6-15(13)16)20-12-17(19(22)23)14-8-10-24-11-9-14/h1-2,4,6,14,16-17H,3,5,7-12H2,(H,20,21)(H,22,23). The third-order valence-corrected chi connectivity index (χ3v) is 5.33. The molecule has 2 N–H and O–H groups in total. The number of nitrogens with one attached hydrogen (secondary N) is 1. The summed E-state index contributed by atoms with van der Waals surface area (Å²) in [6.45, 7) is 1.42. The van der Waals surface area contributed by atoms with Crippen LogP contribution in [0.25, 0.3) is 0 Å². The van der Waals surface area contributed by atoms with Gasteiger partial charge in [-0.05, 0) is 49.1 Å². The number of carbonyl (C=O) groups is 2. The van der Waals surface area contributed by atoms with E-state index in [4.69, 9.17) is 4.74 Å². The van der Waals surface area contributed by atoms with Crippen molar-refractivity contribution in [2.45, 2.75) is 38.0 Å². The highest BCUT2D eigenvalue weighted by atomic mass is 16.5. The molecule has 1 aromatic rings. The van der Waals surface area contributed by atoms with Gasteiger partial charge >= 0.3 is 5.97 Å². The highest BCUT2D eigenvalue weighted by Gasteiger charge is 2.32. The van der Waals surface area contributed by atoms with Gasteiger partial charge in [0.25, 0.3) is 0 Å². The Kier molecular flexibility index (Phi) is 5.51. The number of hydrogen-bond acceptors (Lipinski definition) is 3. The van der Waals surface area contributed by atoms with Crippen molar-refractivity contribution in [3.63, 3.8) is 0 Å². The molecule has 0 radical (unpaired) electrons. The molecular weight excluding hydrogens is 306 g/mol. The van der Waals surface area contributed by atoms with Gasteiger partial charge in [-0.3, -0.25) is 9.59 Å². The normalized spacial score (nSPS) is 22.4. The Morgan fingerprint density at radius 1 is 1.21 bits per heavy atom. The van der Waals surface area contributed by atoms with Gasteiger partial charge in [0.1, 0.15) is 0 Å². The molecule has 1 aliphatic heterocycles. The molecule has 5 nitrogen and oxygen atoms in total. The second kappa shape index (κ2) is 7.79. The number of rotatable bonds is 5. The van der Waals surface area contributed by atoms with Crippen LogP contribution in [-0.2, 0) is 20.7 Å². The fourth-order valence-corrected chi connectivity index (χ4v) is 3.93. The first-order valence-corrected chi connectivity index (χ1v) is 8.83. The van der Waals surface area contributed by atoms with Crippen LogP contribution in [0.2, 0.25) is 0 Å². The smallest absolute Gasteiger partial charge is 0.308 e. The number of hydrogen-bond donors (Lipinski definition) is 2. The van der Waals surface area contributed by atoms with Gasteiger partial charge in [-0.25, -0.2) is 0 Å². The second-order valence-corrected chi connectivity index (χ2v) is 6.78. The molecule has 0 spiro atoms. The minimum atomic E-state index is -0.828. The van der Waals surface area contributed by atoms with Gasteiger partial charge < -0.3 is 15.2 Å². The molecule has 1 saturated heterocycles. The Morgan fingerprint density at radius 2 is 1.96 bits per heavy atom. The lowest BCUT2D eigenvalue weighted by molar-refractivity contribution is -0.145. The monoisotopic (exact) mass is 331 g/mol. The second-order valence-electron chi connectivity index (χ2n) is 6.78. The zero-order valence-electron chi connectivity index (χ0n) is 13.9. The lowest BCUT2D eigenvalue weighted by Crippen LogP contribution is -2.41. The number of benzene rings is 1. The minimum absolute atomic E-state index is 0.0412. The molecule has 0 aromatic heterocycles. The molecule has 2 atom stereocenters. The highest BCUT2D eigenvalue weighted by molar-refractivity contribution is 5.85. The van der Waals surface area contributed by atoms with E-state index in [0.29, 0.717) is 13.2 Å². The number of fused-ring (bicyclic) bond motifs is 1. The number of amides is 1. The van der Waals surface area contributed by atoms with Crippen molar-refractivity contribution in [3.05, 3.63) is 35.4 Å². The van der Waals surface area contributed by atoms with Crippen LogP contribution < -0.4 is 5.32 Å². The Hall–Kier alpha value is -1.88. The van der Waals surface area contributed by atoms with Gasteiger partial charge in [-0.1, -0.05) is 24.3 Å². The summed E-state index contributed by atoms with van der Waals surface area (Å²) in [5.41, 5.74) is 2.34. The van der Waals surface area contributed by atoms with E-state index in [1.165, 1.54) is 5.56 Å². The third kappa shape index (κ3) is 3.78. The van der Waals surface area contributed by atoms with Crippen LogP contribution in [0.1, 0.15) is 42.7 Å². The molecule has 0 saturated carbocycles. The van der Waals surface area contributed by atoms with Crippen molar-refractivity contribution < 1.29 is 19.4 Å². The van der Waals surface area contributed by atoms with E-state index in [1.54, 1.807) is 0 Å². The van der Waals surface area contributed by atoms with E-state index in [-0.39, 0.29) is 24.3 Å². The minimum Gasteiger partial charge on any atom is -0.481 e. The summed E-state index contributed by atoms with van der Waals surface area (Å²) in [4.78, 5) is 24.2. The van der Waals surface area contributed by atoms with E-state index in [0.717, 1.165) is 37.7 Å². The van der Waals surface area contributed by atoms with Gasteiger partial charge in [0.15, 0.2) is 0 Å². The van der Waals surface area contributed by atoms with Crippen LogP contribution >= 0.6 is 0 Å². The predicted molar refractivity (Wildman–Crippen MR) is 89.8 cm³/mol. The van der Waals surface area contributed by atoms with Crippen LogP contribution in [0, 0.1) is 11.8 Å². The Bertz CT molecular complexity index is 595. The number of aryl methyl sites for hydroxylation is 1. The van der Waals surface area contributed by atoms with Gasteiger partial charge in [-0.15, -0.1) is 0 Å². The number of aliphatic carboxylic acids is 1. The van der Waals surface area contributed by atoms with Crippen LogP contribution in [-0.4, -0.2) is 36.7 Å². The summed E-state index contributed by atoms with van der Waals surface area (Å²) in [5.74, 6) is -1.47. The zero-order chi connectivity index (χ0) is 16.9. The SMILES string of the molecule is O=C(NCC(C(=O)O)C1CCOCC1)C1CCCc2ccccc21. The Morgan fingerprint density at radius 3 is 2.71 bits per heavy atom. The topological polar surface area (TPSA) is 75.6 Å². The predicted octanol–water partition coefficient (Wildman–Crippen LogP) is 2.35. The van der Waals surface area contributed by atoms with Crippen LogP contribution in [0.15, 0.2) is 24.3 Å². The first kappa shape index (κ1) is 17.0. The van der Waals surface area contributed by atoms with Crippen molar-refractivity contribution in [2.75, 3.05) is 19.8 Å². The first-order chi connectivity index (χ1) is 11.7. The largest absolute Gasteiger partial charge is 0.481 e. The molecule has 24 heavy (non-hydrogen) atoms. The highest BCUT2D eigenvalue weighted by Crippen LogP contribution is 2.32. The van der Waals surface area contributed by atoms with Crippen LogP contribution in [0.4, 0.5) is 0 Å². The van der Waals surface area contributed by atoms with Crippen molar-refractivity contribution in [2.24, 2.45) is 11.8 Å². The summed E-state index contributed by atoms with van der Waals surface area (Å²) in [7, 11) is 0. The number of ether oxygens (including phenoxy) is 1. The average Bonchev–Trinajstić information content (AvgIpc) is 2.62. The summed E-state index contributed by atoms with van der Waals surface area (Å²) in [5, 5.41) is 12.4. The van der Waals surface area contributed by atoms with Gasteiger partial charge in [0.05, 0.1) is 11.8 Å². The van der Waals surface area contributed by atoms with Crippen molar-refractivity contribution in [3.8, 4) is 0 Å². The molecule has 2 aliphatic rings. The molecule has 1 heterocycles. The maximum absolute atomic E-state index is 12.6. The van der Waals surface area contributed by atoms with E-state index < -0.39 is 11.9 Å². The molecule has 1 aliphatic carbocycles. The quantitative estimate of drug-likeness (QED) is 0.868. The van der Waals surface area contributed by atoms with E-state index in [2.05, 4.69) is 11.4 Å². The molecule has 1 aromatic carbocycles. The first-order valence-electron chi connectivity index (χ1n) is 8.83. The zero-order valence-corrected chi connectivity index (χ0v) is 13.9. The van der Waals surface area contributed by atoms with Crippen molar-refractivity contribution in [1.29, 1.82) is 0 Å². The fourth-order valence-electron chi connectivity index (χ4n) is 3.93. The molecule has 5 heteroatoms. The van der Waals surface area contributed by atoms with E-state index >= 15 is 0 Å². The maximum Gasteiger partial charge on any atom is 0.308 e. The van der Waals surface area contributed by atoms with Crippen molar-refractivity contribution >= 4 is 11.9 Å². The van der Waals surface area contributed by atoms with E-state index in [1.807, 2.05) is 18.2 Å². The maximum atomic E-state index is 12.6. The fraction of sp³-hybridized carbons (Fsp3) is 0.579. The molecular formula is C19H25NO4. The molecule has 1 fully saturated rings.